The number of fused-ring (bicyclic) bond motifs is 6. The Morgan fingerprint density at radius 2 is 1.27 bits per heavy atom. The molecule has 7 heteroatoms. The Kier molecular flexibility index (Phi) is 5.64. The fraction of sp³-hybridized carbons (Fsp3) is 0.192. The lowest BCUT2D eigenvalue weighted by Crippen LogP contribution is -2.33. The first-order valence-electron chi connectivity index (χ1n) is 10.5. The van der Waals surface area contributed by atoms with Crippen LogP contribution in [0.15, 0.2) is 60.7 Å². The first kappa shape index (κ1) is 22.1. The summed E-state index contributed by atoms with van der Waals surface area (Å²) in [6.07, 6.45) is 0. The van der Waals surface area contributed by atoms with Crippen LogP contribution in [0.5, 0.6) is 23.0 Å². The molecule has 2 aliphatic heterocycles. The van der Waals surface area contributed by atoms with E-state index in [0.29, 0.717) is 45.3 Å². The van der Waals surface area contributed by atoms with Crippen LogP contribution in [0.2, 0.25) is 0 Å². The third-order valence-corrected chi connectivity index (χ3v) is 5.18. The van der Waals surface area contributed by atoms with Gasteiger partial charge in [0.2, 0.25) is 0 Å². The Labute approximate surface area is 190 Å². The molecule has 168 valence electrons. The van der Waals surface area contributed by atoms with Gasteiger partial charge in [0.15, 0.2) is 5.60 Å². The minimum Gasteiger partial charge on any atom is -0.456 e. The van der Waals surface area contributed by atoms with Crippen LogP contribution in [-0.4, -0.2) is 17.9 Å². The lowest BCUT2D eigenvalue weighted by atomic mass is 9.77. The monoisotopic (exact) mass is 446 g/mol. The topological polar surface area (TPSA) is 88.1 Å². The summed E-state index contributed by atoms with van der Waals surface area (Å²) in [6, 6.07) is 16.9. The van der Waals surface area contributed by atoms with Gasteiger partial charge < -0.3 is 18.9 Å². The van der Waals surface area contributed by atoms with Gasteiger partial charge in [0.1, 0.15) is 23.0 Å². The molecule has 0 atom stereocenters. The van der Waals surface area contributed by atoms with Crippen molar-refractivity contribution >= 4 is 17.9 Å². The van der Waals surface area contributed by atoms with E-state index in [1.165, 1.54) is 13.8 Å². The Morgan fingerprint density at radius 3 is 1.79 bits per heavy atom. The summed E-state index contributed by atoms with van der Waals surface area (Å²) in [5.41, 5.74) is 1.06. The summed E-state index contributed by atoms with van der Waals surface area (Å²) >= 11 is 0. The van der Waals surface area contributed by atoms with Gasteiger partial charge >= 0.3 is 17.9 Å². The molecule has 0 unspecified atom stereocenters. The molecule has 0 saturated carbocycles. The summed E-state index contributed by atoms with van der Waals surface area (Å²) < 4.78 is 22.5. The van der Waals surface area contributed by atoms with Crippen molar-refractivity contribution in [2.75, 3.05) is 0 Å². The molecule has 3 aromatic rings. The molecular formula is C26H22O7. The maximum absolute atomic E-state index is 12.8. The summed E-state index contributed by atoms with van der Waals surface area (Å²) in [5.74, 6) is -0.104. The van der Waals surface area contributed by atoms with Crippen molar-refractivity contribution in [1.29, 1.82) is 0 Å². The molecule has 0 saturated heterocycles. The maximum Gasteiger partial charge on any atom is 0.340 e. The van der Waals surface area contributed by atoms with Gasteiger partial charge in [0.25, 0.3) is 0 Å². The molecule has 0 fully saturated rings. The average Bonchev–Trinajstić information content (AvgIpc) is 3.07. The quantitative estimate of drug-likeness (QED) is 0.398. The molecule has 0 amide bonds. The van der Waals surface area contributed by atoms with E-state index in [0.717, 1.165) is 0 Å². The predicted molar refractivity (Wildman–Crippen MR) is 119 cm³/mol. The first-order valence-corrected chi connectivity index (χ1v) is 10.5. The van der Waals surface area contributed by atoms with Crippen molar-refractivity contribution < 1.29 is 33.3 Å². The van der Waals surface area contributed by atoms with E-state index < -0.39 is 23.5 Å². The van der Waals surface area contributed by atoms with Crippen LogP contribution in [0.3, 0.4) is 0 Å². The zero-order valence-electron chi connectivity index (χ0n) is 18.6. The highest BCUT2D eigenvalue weighted by Gasteiger charge is 2.53. The van der Waals surface area contributed by atoms with Crippen molar-refractivity contribution in [3.8, 4) is 23.0 Å². The molecule has 0 bridgehead atoms. The minimum atomic E-state index is -1.25. The van der Waals surface area contributed by atoms with E-state index in [1.54, 1.807) is 48.5 Å². The fourth-order valence-corrected chi connectivity index (χ4v) is 4.10. The zero-order chi connectivity index (χ0) is 23.8. The molecule has 0 radical (unpaired) electrons. The molecule has 7 nitrogen and oxygen atoms in total. The predicted octanol–water partition coefficient (Wildman–Crippen LogP) is 5.13. The Hall–Kier alpha value is -4.13. The van der Waals surface area contributed by atoms with Crippen LogP contribution < -0.4 is 14.2 Å². The molecule has 5 rings (SSSR count). The van der Waals surface area contributed by atoms with Crippen molar-refractivity contribution in [2.45, 2.75) is 33.3 Å². The van der Waals surface area contributed by atoms with Crippen LogP contribution in [0.25, 0.3) is 0 Å². The number of hydrogen-bond acceptors (Lipinski definition) is 7. The van der Waals surface area contributed by atoms with Gasteiger partial charge in [-0.05, 0) is 30.3 Å². The Morgan fingerprint density at radius 1 is 0.758 bits per heavy atom. The highest BCUT2D eigenvalue weighted by atomic mass is 16.6. The van der Waals surface area contributed by atoms with Crippen molar-refractivity contribution in [1.82, 2.24) is 0 Å². The van der Waals surface area contributed by atoms with Crippen LogP contribution in [0.1, 0.15) is 54.7 Å². The summed E-state index contributed by atoms with van der Waals surface area (Å²) in [5, 5.41) is 0. The van der Waals surface area contributed by atoms with Crippen molar-refractivity contribution in [2.24, 2.45) is 0 Å². The van der Waals surface area contributed by atoms with E-state index in [9.17, 15) is 14.4 Å². The SMILES string of the molecule is CC.CC(=O)Oc1ccc2c(c1)Oc1cc(OC(C)=O)ccc1C21OC(=O)c2ccccc21. The second-order valence-electron chi connectivity index (χ2n) is 7.22. The lowest BCUT2D eigenvalue weighted by Gasteiger charge is -2.36. The fourth-order valence-electron chi connectivity index (χ4n) is 4.10. The number of hydrogen-bond donors (Lipinski definition) is 0. The van der Waals surface area contributed by atoms with Gasteiger partial charge in [-0.1, -0.05) is 32.0 Å². The molecule has 0 aliphatic carbocycles. The van der Waals surface area contributed by atoms with Gasteiger partial charge in [-0.2, -0.15) is 0 Å². The van der Waals surface area contributed by atoms with E-state index in [4.69, 9.17) is 18.9 Å². The van der Waals surface area contributed by atoms with Gasteiger partial charge in [-0.15, -0.1) is 0 Å². The molecule has 33 heavy (non-hydrogen) atoms. The molecular weight excluding hydrogens is 424 g/mol. The number of esters is 3. The molecule has 2 heterocycles. The molecule has 1 spiro atoms. The van der Waals surface area contributed by atoms with Crippen molar-refractivity contribution in [3.63, 3.8) is 0 Å². The molecule has 0 N–H and O–H groups in total. The molecule has 3 aromatic carbocycles. The largest absolute Gasteiger partial charge is 0.456 e. The second kappa shape index (κ2) is 8.43. The maximum atomic E-state index is 12.8. The lowest BCUT2D eigenvalue weighted by molar-refractivity contribution is -0.132. The van der Waals surface area contributed by atoms with Crippen molar-refractivity contribution in [3.05, 3.63) is 82.9 Å². The van der Waals surface area contributed by atoms with Crippen LogP contribution >= 0.6 is 0 Å². The van der Waals surface area contributed by atoms with E-state index in [-0.39, 0.29) is 0 Å². The van der Waals surface area contributed by atoms with Gasteiger partial charge in [-0.3, -0.25) is 9.59 Å². The third-order valence-electron chi connectivity index (χ3n) is 5.18. The number of carbonyl (C=O) groups excluding carboxylic acids is 3. The summed E-state index contributed by atoms with van der Waals surface area (Å²) in [4.78, 5) is 35.6. The van der Waals surface area contributed by atoms with Crippen LogP contribution in [0, 0.1) is 0 Å². The Bertz CT molecular complexity index is 1210. The number of ether oxygens (including phenoxy) is 4. The van der Waals surface area contributed by atoms with Gasteiger partial charge in [-0.25, -0.2) is 4.79 Å². The van der Waals surface area contributed by atoms with E-state index >= 15 is 0 Å². The summed E-state index contributed by atoms with van der Waals surface area (Å²) in [7, 11) is 0. The molecule has 2 aliphatic rings. The summed E-state index contributed by atoms with van der Waals surface area (Å²) in [6.45, 7) is 6.61. The highest BCUT2D eigenvalue weighted by Crippen LogP contribution is 2.57. The number of rotatable bonds is 2. The minimum absolute atomic E-state index is 0.290. The smallest absolute Gasteiger partial charge is 0.340 e. The van der Waals surface area contributed by atoms with Crippen LogP contribution in [0.4, 0.5) is 0 Å². The third kappa shape index (κ3) is 3.61. The van der Waals surface area contributed by atoms with E-state index in [2.05, 4.69) is 0 Å². The second-order valence-corrected chi connectivity index (χ2v) is 7.22. The van der Waals surface area contributed by atoms with Crippen LogP contribution in [-0.2, 0) is 19.9 Å². The average molecular weight is 446 g/mol. The molecule has 0 aromatic heterocycles. The van der Waals surface area contributed by atoms with Gasteiger partial charge in [0.05, 0.1) is 5.56 Å². The number of benzene rings is 3. The zero-order valence-corrected chi connectivity index (χ0v) is 18.6. The van der Waals surface area contributed by atoms with Gasteiger partial charge in [0, 0.05) is 42.7 Å². The highest BCUT2D eigenvalue weighted by molar-refractivity contribution is 5.97. The first-order chi connectivity index (χ1) is 15.9. The Balaban J connectivity index is 0.00000126. The standard InChI is InChI=1S/C24H16O7.C2H6/c1-13(25)28-15-7-9-19-21(11-15)30-22-12-16(29-14(2)26)8-10-20(22)24(19)18-6-4-3-5-17(18)23(27)31-24;1-2/h3-12H,1-2H3;1-2H3. The van der Waals surface area contributed by atoms with E-state index in [1.807, 2.05) is 26.0 Å². The number of carbonyl (C=O) groups is 3. The normalized spacial score (nSPS) is 13.9.